The van der Waals surface area contributed by atoms with E-state index in [1.54, 1.807) is 63.9 Å². The highest BCUT2D eigenvalue weighted by Crippen LogP contribution is 2.34. The zero-order valence-electron chi connectivity index (χ0n) is 20.5. The molecule has 5 heterocycles. The van der Waals surface area contributed by atoms with E-state index in [2.05, 4.69) is 30.5 Å². The number of nitrogens with zero attached hydrogens (tertiary/aromatic N) is 8. The standard InChI is InChI=1S/C24H25N9O4/c1-31(2)21(34)14-33-11-8-20(29-33)28-23-25-10-7-17(27-23)15-5-4-6-16(26-15)18-13-19(37-30-18)24(36)9-12-32(3)22(24)35/h4-8,10-11,13,36H,9,12,14H2,1-3H3,(H,25,27,28,29). The van der Waals surface area contributed by atoms with E-state index in [0.717, 1.165) is 0 Å². The van der Waals surface area contributed by atoms with Crippen molar-refractivity contribution >= 4 is 23.6 Å². The number of aliphatic hydroxyl groups is 1. The lowest BCUT2D eigenvalue weighted by molar-refractivity contribution is -0.144. The van der Waals surface area contributed by atoms with Gasteiger partial charge in [0.2, 0.25) is 17.5 Å². The number of pyridine rings is 1. The molecule has 4 aromatic heterocycles. The van der Waals surface area contributed by atoms with Crippen LogP contribution in [0.4, 0.5) is 11.8 Å². The van der Waals surface area contributed by atoms with Crippen LogP contribution >= 0.6 is 0 Å². The maximum atomic E-state index is 12.4. The van der Waals surface area contributed by atoms with Crippen LogP contribution in [0, 0.1) is 0 Å². The molecule has 1 unspecified atom stereocenters. The molecule has 190 valence electrons. The third-order valence-electron chi connectivity index (χ3n) is 6.03. The third-order valence-corrected chi connectivity index (χ3v) is 6.03. The minimum atomic E-state index is -1.72. The molecule has 0 radical (unpaired) electrons. The van der Waals surface area contributed by atoms with Crippen LogP contribution in [0.15, 0.2) is 53.3 Å². The second-order valence-electron chi connectivity index (χ2n) is 8.90. The Kier molecular flexibility index (Phi) is 6.13. The van der Waals surface area contributed by atoms with Gasteiger partial charge in [-0.2, -0.15) is 5.10 Å². The number of rotatable bonds is 7. The van der Waals surface area contributed by atoms with Crippen molar-refractivity contribution in [2.75, 3.05) is 33.0 Å². The summed E-state index contributed by atoms with van der Waals surface area (Å²) in [4.78, 5) is 40.6. The molecule has 2 amide bonds. The van der Waals surface area contributed by atoms with Gasteiger partial charge in [-0.3, -0.25) is 14.3 Å². The highest BCUT2D eigenvalue weighted by molar-refractivity contribution is 5.87. The smallest absolute Gasteiger partial charge is 0.262 e. The van der Waals surface area contributed by atoms with Crippen LogP contribution in [0.2, 0.25) is 0 Å². The zero-order chi connectivity index (χ0) is 26.2. The van der Waals surface area contributed by atoms with Gasteiger partial charge >= 0.3 is 0 Å². The number of carbonyl (C=O) groups is 2. The monoisotopic (exact) mass is 503 g/mol. The molecule has 1 saturated heterocycles. The minimum Gasteiger partial charge on any atom is -0.373 e. The van der Waals surface area contributed by atoms with Crippen molar-refractivity contribution < 1.29 is 19.2 Å². The summed E-state index contributed by atoms with van der Waals surface area (Å²) in [7, 11) is 5.01. The molecule has 13 nitrogen and oxygen atoms in total. The molecular weight excluding hydrogens is 478 g/mol. The quantitative estimate of drug-likeness (QED) is 0.377. The van der Waals surface area contributed by atoms with Crippen LogP contribution in [0.1, 0.15) is 12.2 Å². The molecule has 13 heteroatoms. The predicted molar refractivity (Wildman–Crippen MR) is 131 cm³/mol. The van der Waals surface area contributed by atoms with Gasteiger partial charge in [-0.1, -0.05) is 11.2 Å². The van der Waals surface area contributed by atoms with Crippen LogP contribution in [0.5, 0.6) is 0 Å². The minimum absolute atomic E-state index is 0.0746. The average molecular weight is 504 g/mol. The summed E-state index contributed by atoms with van der Waals surface area (Å²) in [6, 6.07) is 10.3. The van der Waals surface area contributed by atoms with Gasteiger partial charge < -0.3 is 24.7 Å². The van der Waals surface area contributed by atoms with Gasteiger partial charge in [-0.05, 0) is 18.2 Å². The van der Waals surface area contributed by atoms with E-state index in [0.29, 0.717) is 41.1 Å². The lowest BCUT2D eigenvalue weighted by Gasteiger charge is -2.16. The summed E-state index contributed by atoms with van der Waals surface area (Å²) in [6.07, 6.45) is 3.52. The molecular formula is C24H25N9O4. The van der Waals surface area contributed by atoms with E-state index in [1.807, 2.05) is 0 Å². The molecule has 1 atom stereocenters. The van der Waals surface area contributed by atoms with Crippen molar-refractivity contribution in [3.8, 4) is 22.8 Å². The number of hydrogen-bond acceptors (Lipinski definition) is 10. The first-order chi connectivity index (χ1) is 17.7. The lowest BCUT2D eigenvalue weighted by atomic mass is 9.98. The van der Waals surface area contributed by atoms with E-state index in [-0.39, 0.29) is 24.6 Å². The Morgan fingerprint density at radius 2 is 1.92 bits per heavy atom. The molecule has 2 N–H and O–H groups in total. The molecule has 0 aliphatic carbocycles. The summed E-state index contributed by atoms with van der Waals surface area (Å²) < 4.78 is 6.87. The van der Waals surface area contributed by atoms with Crippen molar-refractivity contribution in [1.82, 2.24) is 39.7 Å². The fourth-order valence-corrected chi connectivity index (χ4v) is 3.87. The Bertz CT molecular complexity index is 1460. The Morgan fingerprint density at radius 3 is 2.65 bits per heavy atom. The van der Waals surface area contributed by atoms with Gasteiger partial charge in [0.15, 0.2) is 11.6 Å². The molecule has 1 aliphatic rings. The first-order valence-corrected chi connectivity index (χ1v) is 11.5. The third kappa shape index (κ3) is 4.76. The molecule has 5 rings (SSSR count). The van der Waals surface area contributed by atoms with E-state index in [4.69, 9.17) is 4.52 Å². The van der Waals surface area contributed by atoms with Gasteiger partial charge in [-0.25, -0.2) is 15.0 Å². The Labute approximate surface area is 211 Å². The summed E-state index contributed by atoms with van der Waals surface area (Å²) in [5.74, 6) is 0.389. The van der Waals surface area contributed by atoms with E-state index in [1.165, 1.54) is 20.5 Å². The number of carbonyl (C=O) groups excluding carboxylic acids is 2. The zero-order valence-corrected chi connectivity index (χ0v) is 20.5. The lowest BCUT2D eigenvalue weighted by Crippen LogP contribution is -2.35. The summed E-state index contributed by atoms with van der Waals surface area (Å²) in [5, 5.41) is 22.2. The van der Waals surface area contributed by atoms with Crippen molar-refractivity contribution in [3.05, 3.63) is 54.6 Å². The number of likely N-dealkylation sites (tertiary alicyclic amines) is 1. The summed E-state index contributed by atoms with van der Waals surface area (Å²) >= 11 is 0. The van der Waals surface area contributed by atoms with Gasteiger partial charge in [0.25, 0.3) is 5.91 Å². The number of aromatic nitrogens is 6. The number of likely N-dealkylation sites (N-methyl/N-ethyl adjacent to an activating group) is 2. The van der Waals surface area contributed by atoms with E-state index in [9.17, 15) is 14.7 Å². The fourth-order valence-electron chi connectivity index (χ4n) is 3.87. The van der Waals surface area contributed by atoms with Crippen LogP contribution in [-0.4, -0.2) is 84.3 Å². The molecule has 37 heavy (non-hydrogen) atoms. The van der Waals surface area contributed by atoms with Crippen molar-refractivity contribution in [2.24, 2.45) is 0 Å². The Hall–Kier alpha value is -4.65. The van der Waals surface area contributed by atoms with Crippen molar-refractivity contribution in [2.45, 2.75) is 18.6 Å². The largest absolute Gasteiger partial charge is 0.373 e. The molecule has 1 aliphatic heterocycles. The van der Waals surface area contributed by atoms with Crippen molar-refractivity contribution in [1.29, 1.82) is 0 Å². The topological polar surface area (TPSA) is 155 Å². The highest BCUT2D eigenvalue weighted by Gasteiger charge is 2.48. The van der Waals surface area contributed by atoms with Gasteiger partial charge in [0, 0.05) is 58.6 Å². The van der Waals surface area contributed by atoms with Crippen LogP contribution < -0.4 is 5.32 Å². The molecule has 0 saturated carbocycles. The summed E-state index contributed by atoms with van der Waals surface area (Å²) in [5.41, 5.74) is 0.268. The number of nitrogens with one attached hydrogen (secondary N) is 1. The normalized spacial score (nSPS) is 17.3. The highest BCUT2D eigenvalue weighted by atomic mass is 16.5. The maximum absolute atomic E-state index is 12.4. The first kappa shape index (κ1) is 24.1. The molecule has 4 aromatic rings. The van der Waals surface area contributed by atoms with E-state index >= 15 is 0 Å². The molecule has 0 bridgehead atoms. The second kappa shape index (κ2) is 9.43. The Morgan fingerprint density at radius 1 is 1.16 bits per heavy atom. The van der Waals surface area contributed by atoms with Crippen LogP contribution in [0.3, 0.4) is 0 Å². The molecule has 1 fully saturated rings. The van der Waals surface area contributed by atoms with Gasteiger partial charge in [-0.15, -0.1) is 0 Å². The summed E-state index contributed by atoms with van der Waals surface area (Å²) in [6.45, 7) is 0.552. The Balaban J connectivity index is 1.34. The fraction of sp³-hybridized carbons (Fsp3) is 0.292. The van der Waals surface area contributed by atoms with Crippen molar-refractivity contribution in [3.63, 3.8) is 0 Å². The second-order valence-corrected chi connectivity index (χ2v) is 8.90. The SMILES string of the molecule is CN(C)C(=O)Cn1ccc(Nc2nccc(-c3cccc(-c4cc(C5(O)CCN(C)C5=O)on4)n3)n2)n1. The average Bonchev–Trinajstić information content (AvgIpc) is 3.62. The van der Waals surface area contributed by atoms with E-state index < -0.39 is 11.5 Å². The number of anilines is 2. The first-order valence-electron chi connectivity index (χ1n) is 11.5. The maximum Gasteiger partial charge on any atom is 0.262 e. The molecule has 0 spiro atoms. The van der Waals surface area contributed by atoms with Gasteiger partial charge in [0.1, 0.15) is 12.2 Å². The predicted octanol–water partition coefficient (Wildman–Crippen LogP) is 1.27. The number of hydrogen-bond donors (Lipinski definition) is 2. The molecule has 0 aromatic carbocycles. The van der Waals surface area contributed by atoms with Crippen LogP contribution in [0.25, 0.3) is 22.8 Å². The van der Waals surface area contributed by atoms with Gasteiger partial charge in [0.05, 0.1) is 17.1 Å². The van der Waals surface area contributed by atoms with Crippen LogP contribution in [-0.2, 0) is 21.7 Å². The number of amides is 2.